The van der Waals surface area contributed by atoms with E-state index in [2.05, 4.69) is 13.8 Å². The van der Waals surface area contributed by atoms with Crippen molar-refractivity contribution in [2.45, 2.75) is 59.5 Å². The van der Waals surface area contributed by atoms with E-state index in [1.807, 2.05) is 20.8 Å². The highest BCUT2D eigenvalue weighted by molar-refractivity contribution is 5.69. The number of ether oxygens (including phenoxy) is 1. The van der Waals surface area contributed by atoms with E-state index >= 15 is 0 Å². The lowest BCUT2D eigenvalue weighted by Crippen LogP contribution is -2.29. The van der Waals surface area contributed by atoms with Gasteiger partial charge in [0, 0.05) is 6.42 Å². The highest BCUT2D eigenvalue weighted by Gasteiger charge is 2.23. The average molecular weight is 186 g/mol. The molecule has 0 radical (unpaired) electrons. The molecule has 0 fully saturated rings. The summed E-state index contributed by atoms with van der Waals surface area (Å²) in [7, 11) is 0. The number of carbonyl (C=O) groups excluding carboxylic acids is 1. The topological polar surface area (TPSA) is 26.3 Å². The highest BCUT2D eigenvalue weighted by Crippen LogP contribution is 2.20. The van der Waals surface area contributed by atoms with Gasteiger partial charge in [0.2, 0.25) is 0 Å². The minimum atomic E-state index is -0.305. The van der Waals surface area contributed by atoms with Crippen molar-refractivity contribution in [3.8, 4) is 0 Å². The van der Waals surface area contributed by atoms with Gasteiger partial charge >= 0.3 is 5.97 Å². The van der Waals surface area contributed by atoms with E-state index in [0.717, 1.165) is 12.8 Å². The van der Waals surface area contributed by atoms with E-state index in [1.165, 1.54) is 0 Å². The minimum absolute atomic E-state index is 0.0758. The van der Waals surface area contributed by atoms with Crippen LogP contribution in [0.3, 0.4) is 0 Å². The van der Waals surface area contributed by atoms with Crippen LogP contribution in [0, 0.1) is 5.92 Å². The van der Waals surface area contributed by atoms with Crippen LogP contribution in [0.4, 0.5) is 0 Å². The molecule has 0 bridgehead atoms. The summed E-state index contributed by atoms with van der Waals surface area (Å²) in [5, 5.41) is 0. The maximum Gasteiger partial charge on any atom is 0.306 e. The fourth-order valence-corrected chi connectivity index (χ4v) is 1.59. The van der Waals surface area contributed by atoms with Crippen molar-refractivity contribution in [2.75, 3.05) is 0 Å². The molecule has 0 aromatic rings. The molecular weight excluding hydrogens is 164 g/mol. The van der Waals surface area contributed by atoms with Crippen molar-refractivity contribution in [1.29, 1.82) is 0 Å². The minimum Gasteiger partial charge on any atom is -0.460 e. The summed E-state index contributed by atoms with van der Waals surface area (Å²) in [6.07, 6.45) is 2.31. The molecule has 0 amide bonds. The lowest BCUT2D eigenvalue weighted by Gasteiger charge is -2.26. The van der Waals surface area contributed by atoms with E-state index in [9.17, 15) is 4.79 Å². The first-order valence-corrected chi connectivity index (χ1v) is 5.09. The van der Waals surface area contributed by atoms with Gasteiger partial charge in [-0.25, -0.2) is 0 Å². The van der Waals surface area contributed by atoms with Crippen LogP contribution in [0.2, 0.25) is 0 Å². The molecule has 2 heteroatoms. The molecule has 0 rings (SSSR count). The molecule has 13 heavy (non-hydrogen) atoms. The van der Waals surface area contributed by atoms with Gasteiger partial charge in [-0.05, 0) is 32.6 Å². The van der Waals surface area contributed by atoms with Gasteiger partial charge in [0.05, 0.1) is 0 Å². The normalized spacial score (nSPS) is 11.8. The van der Waals surface area contributed by atoms with Gasteiger partial charge in [0.25, 0.3) is 0 Å². The van der Waals surface area contributed by atoms with Crippen molar-refractivity contribution >= 4 is 5.97 Å². The Bertz CT molecular complexity index is 159. The molecule has 0 saturated heterocycles. The SMILES string of the molecule is CCCC(=O)OC(C)(C)CC(C)C. The van der Waals surface area contributed by atoms with E-state index in [1.54, 1.807) is 0 Å². The smallest absolute Gasteiger partial charge is 0.306 e. The van der Waals surface area contributed by atoms with Gasteiger partial charge in [-0.15, -0.1) is 0 Å². The van der Waals surface area contributed by atoms with E-state index in [4.69, 9.17) is 4.74 Å². The van der Waals surface area contributed by atoms with Gasteiger partial charge in [0.1, 0.15) is 5.60 Å². The Labute approximate surface area is 81.7 Å². The largest absolute Gasteiger partial charge is 0.460 e. The van der Waals surface area contributed by atoms with E-state index < -0.39 is 0 Å². The monoisotopic (exact) mass is 186 g/mol. The molecule has 0 aliphatic heterocycles. The van der Waals surface area contributed by atoms with Crippen LogP contribution < -0.4 is 0 Å². The van der Waals surface area contributed by atoms with Crippen molar-refractivity contribution in [3.05, 3.63) is 0 Å². The van der Waals surface area contributed by atoms with Crippen LogP contribution in [-0.2, 0) is 9.53 Å². The van der Waals surface area contributed by atoms with Crippen LogP contribution in [0.25, 0.3) is 0 Å². The first kappa shape index (κ1) is 12.5. The lowest BCUT2D eigenvalue weighted by molar-refractivity contribution is -0.157. The third kappa shape index (κ3) is 6.62. The Hall–Kier alpha value is -0.530. The first-order valence-electron chi connectivity index (χ1n) is 5.09. The molecule has 0 aromatic carbocycles. The van der Waals surface area contributed by atoms with Crippen molar-refractivity contribution < 1.29 is 9.53 Å². The fourth-order valence-electron chi connectivity index (χ4n) is 1.59. The van der Waals surface area contributed by atoms with Gasteiger partial charge in [0.15, 0.2) is 0 Å². The van der Waals surface area contributed by atoms with Crippen LogP contribution in [0.5, 0.6) is 0 Å². The molecule has 0 spiro atoms. The summed E-state index contributed by atoms with van der Waals surface area (Å²) in [4.78, 5) is 11.2. The molecule has 0 aliphatic carbocycles. The van der Waals surface area contributed by atoms with Gasteiger partial charge in [-0.2, -0.15) is 0 Å². The second-order valence-electron chi connectivity index (χ2n) is 4.58. The number of hydrogen-bond donors (Lipinski definition) is 0. The van der Waals surface area contributed by atoms with E-state index in [0.29, 0.717) is 12.3 Å². The fraction of sp³-hybridized carbons (Fsp3) is 0.909. The summed E-state index contributed by atoms with van der Waals surface area (Å²) in [5.74, 6) is 0.484. The number of esters is 1. The van der Waals surface area contributed by atoms with Crippen molar-refractivity contribution in [1.82, 2.24) is 0 Å². The molecular formula is C11H22O2. The van der Waals surface area contributed by atoms with Crippen LogP contribution >= 0.6 is 0 Å². The summed E-state index contributed by atoms with van der Waals surface area (Å²) >= 11 is 0. The van der Waals surface area contributed by atoms with Crippen molar-refractivity contribution in [3.63, 3.8) is 0 Å². The quantitative estimate of drug-likeness (QED) is 0.616. The Morgan fingerprint density at radius 1 is 1.38 bits per heavy atom. The Morgan fingerprint density at radius 2 is 1.92 bits per heavy atom. The second kappa shape index (κ2) is 5.25. The molecule has 0 aliphatic rings. The highest BCUT2D eigenvalue weighted by atomic mass is 16.6. The van der Waals surface area contributed by atoms with Gasteiger partial charge in [-0.1, -0.05) is 20.8 Å². The predicted molar refractivity (Wildman–Crippen MR) is 54.5 cm³/mol. The zero-order valence-corrected chi connectivity index (χ0v) is 9.52. The lowest BCUT2D eigenvalue weighted by atomic mass is 9.96. The molecule has 78 valence electrons. The molecule has 0 heterocycles. The summed E-state index contributed by atoms with van der Waals surface area (Å²) in [6, 6.07) is 0. The summed E-state index contributed by atoms with van der Waals surface area (Å²) < 4.78 is 5.35. The third-order valence-corrected chi connectivity index (χ3v) is 1.74. The number of hydrogen-bond acceptors (Lipinski definition) is 2. The molecule has 0 atom stereocenters. The average Bonchev–Trinajstić information content (AvgIpc) is 1.81. The summed E-state index contributed by atoms with van der Waals surface area (Å²) in [5.41, 5.74) is -0.305. The van der Waals surface area contributed by atoms with Gasteiger partial charge < -0.3 is 4.74 Å². The Kier molecular flexibility index (Phi) is 5.04. The zero-order valence-electron chi connectivity index (χ0n) is 9.52. The zero-order chi connectivity index (χ0) is 10.5. The maximum absolute atomic E-state index is 11.2. The third-order valence-electron chi connectivity index (χ3n) is 1.74. The van der Waals surface area contributed by atoms with Gasteiger partial charge in [-0.3, -0.25) is 4.79 Å². The predicted octanol–water partition coefficient (Wildman–Crippen LogP) is 3.15. The molecule has 0 aromatic heterocycles. The maximum atomic E-state index is 11.2. The van der Waals surface area contributed by atoms with E-state index in [-0.39, 0.29) is 11.6 Å². The molecule has 0 N–H and O–H groups in total. The Balaban J connectivity index is 3.93. The summed E-state index contributed by atoms with van der Waals surface area (Å²) in [6.45, 7) is 10.2. The van der Waals surface area contributed by atoms with Crippen LogP contribution in [-0.4, -0.2) is 11.6 Å². The Morgan fingerprint density at radius 3 is 2.31 bits per heavy atom. The van der Waals surface area contributed by atoms with Crippen molar-refractivity contribution in [2.24, 2.45) is 5.92 Å². The molecule has 2 nitrogen and oxygen atoms in total. The van der Waals surface area contributed by atoms with Crippen LogP contribution in [0.1, 0.15) is 53.9 Å². The van der Waals surface area contributed by atoms with Crippen LogP contribution in [0.15, 0.2) is 0 Å². The number of rotatable bonds is 5. The molecule has 0 unspecified atom stereocenters. The number of carbonyl (C=O) groups is 1. The second-order valence-corrected chi connectivity index (χ2v) is 4.58. The molecule has 0 saturated carbocycles. The first-order chi connectivity index (χ1) is 5.87. The standard InChI is InChI=1S/C11H22O2/c1-6-7-10(12)13-11(4,5)8-9(2)3/h9H,6-8H2,1-5H3.